The molecular weight excluding hydrogens is 271 g/mol. The average Bonchev–Trinajstić information content (AvgIpc) is 2.36. The molecule has 0 aliphatic heterocycles. The second kappa shape index (κ2) is 6.26. The van der Waals surface area contributed by atoms with Crippen molar-refractivity contribution in [2.75, 3.05) is 20.2 Å². The fourth-order valence-corrected chi connectivity index (χ4v) is 1.91. The third-order valence-electron chi connectivity index (χ3n) is 3.01. The van der Waals surface area contributed by atoms with Gasteiger partial charge in [-0.1, -0.05) is 19.9 Å². The highest BCUT2D eigenvalue weighted by molar-refractivity contribution is 5.94. The molecule has 0 aromatic heterocycles. The predicted octanol–water partition coefficient (Wildman–Crippen LogP) is 2.89. The number of halogens is 3. The van der Waals surface area contributed by atoms with Crippen LogP contribution in [0.1, 0.15) is 41.3 Å². The minimum Gasteiger partial charge on any atom is -0.395 e. The topological polar surface area (TPSA) is 40.5 Å². The van der Waals surface area contributed by atoms with Gasteiger partial charge in [0, 0.05) is 19.2 Å². The molecule has 1 aromatic carbocycles. The molecule has 1 rings (SSSR count). The first-order valence-electron chi connectivity index (χ1n) is 6.26. The molecule has 112 valence electrons. The second-order valence-electron chi connectivity index (χ2n) is 4.90. The summed E-state index contributed by atoms with van der Waals surface area (Å²) in [5, 5.41) is 8.76. The highest BCUT2D eigenvalue weighted by Crippen LogP contribution is 2.35. The Hall–Kier alpha value is -1.56. The van der Waals surface area contributed by atoms with E-state index in [-0.39, 0.29) is 30.2 Å². The second-order valence-corrected chi connectivity index (χ2v) is 4.90. The van der Waals surface area contributed by atoms with Gasteiger partial charge < -0.3 is 10.0 Å². The van der Waals surface area contributed by atoms with E-state index in [4.69, 9.17) is 5.11 Å². The minimum atomic E-state index is -4.49. The van der Waals surface area contributed by atoms with E-state index < -0.39 is 17.6 Å². The van der Waals surface area contributed by atoms with Crippen molar-refractivity contribution in [1.29, 1.82) is 0 Å². The van der Waals surface area contributed by atoms with Gasteiger partial charge in [0.15, 0.2) is 0 Å². The summed E-state index contributed by atoms with van der Waals surface area (Å²) in [4.78, 5) is 13.1. The van der Waals surface area contributed by atoms with Gasteiger partial charge in [-0.3, -0.25) is 4.79 Å². The number of carbonyl (C=O) groups excluding carboxylic acids is 1. The summed E-state index contributed by atoms with van der Waals surface area (Å²) in [6, 6.07) is 3.61. The molecule has 0 unspecified atom stereocenters. The Morgan fingerprint density at radius 1 is 1.35 bits per heavy atom. The zero-order valence-corrected chi connectivity index (χ0v) is 11.7. The number of aliphatic hydroxyl groups excluding tert-OH is 1. The van der Waals surface area contributed by atoms with Crippen molar-refractivity contribution >= 4 is 5.91 Å². The van der Waals surface area contributed by atoms with Crippen molar-refractivity contribution in [3.8, 4) is 0 Å². The van der Waals surface area contributed by atoms with Gasteiger partial charge in [0.2, 0.25) is 0 Å². The Morgan fingerprint density at radius 3 is 2.40 bits per heavy atom. The monoisotopic (exact) mass is 289 g/mol. The molecule has 0 fully saturated rings. The maximum Gasteiger partial charge on any atom is 0.416 e. The molecule has 6 heteroatoms. The highest BCUT2D eigenvalue weighted by atomic mass is 19.4. The molecule has 1 N–H and O–H groups in total. The van der Waals surface area contributed by atoms with Gasteiger partial charge in [0.1, 0.15) is 0 Å². The molecule has 0 spiro atoms. The Kier molecular flexibility index (Phi) is 5.16. The van der Waals surface area contributed by atoms with Crippen molar-refractivity contribution in [2.45, 2.75) is 25.9 Å². The maximum atomic E-state index is 13.0. The third-order valence-corrected chi connectivity index (χ3v) is 3.01. The molecule has 1 amide bonds. The first-order valence-corrected chi connectivity index (χ1v) is 6.26. The molecule has 20 heavy (non-hydrogen) atoms. The smallest absolute Gasteiger partial charge is 0.395 e. The van der Waals surface area contributed by atoms with Crippen LogP contribution >= 0.6 is 0 Å². The summed E-state index contributed by atoms with van der Waals surface area (Å²) in [7, 11) is 1.43. The summed E-state index contributed by atoms with van der Waals surface area (Å²) in [5.74, 6) is -0.828. The summed E-state index contributed by atoms with van der Waals surface area (Å²) in [6.07, 6.45) is -4.49. The molecule has 0 aliphatic carbocycles. The molecule has 0 aliphatic rings. The lowest BCUT2D eigenvalue weighted by Crippen LogP contribution is -2.29. The van der Waals surface area contributed by atoms with Crippen LogP contribution in [0.15, 0.2) is 18.2 Å². The van der Waals surface area contributed by atoms with Crippen LogP contribution in [0.25, 0.3) is 0 Å². The quantitative estimate of drug-likeness (QED) is 0.926. The molecule has 1 aromatic rings. The summed E-state index contributed by atoms with van der Waals surface area (Å²) in [6.45, 7) is 3.18. The van der Waals surface area contributed by atoms with Crippen LogP contribution < -0.4 is 0 Å². The predicted molar refractivity (Wildman–Crippen MR) is 69.6 cm³/mol. The van der Waals surface area contributed by atoms with Crippen molar-refractivity contribution in [3.05, 3.63) is 34.9 Å². The molecule has 0 saturated heterocycles. The summed E-state index contributed by atoms with van der Waals surface area (Å²) < 4.78 is 39.1. The number of carbonyl (C=O) groups is 1. The van der Waals surface area contributed by atoms with E-state index in [1.165, 1.54) is 24.1 Å². The highest BCUT2D eigenvalue weighted by Gasteiger charge is 2.34. The molecule has 0 atom stereocenters. The molecule has 0 heterocycles. The Labute approximate surface area is 116 Å². The van der Waals surface area contributed by atoms with Crippen LogP contribution in [0.5, 0.6) is 0 Å². The van der Waals surface area contributed by atoms with Gasteiger partial charge in [0.25, 0.3) is 5.91 Å². The van der Waals surface area contributed by atoms with E-state index in [0.29, 0.717) is 0 Å². The number of hydrogen-bond acceptors (Lipinski definition) is 2. The SMILES string of the molecule is CC(C)c1ccc(C(=O)N(C)CCO)cc1C(F)(F)F. The van der Waals surface area contributed by atoms with Gasteiger partial charge in [-0.25, -0.2) is 0 Å². The summed E-state index contributed by atoms with van der Waals surface area (Å²) >= 11 is 0. The van der Waals surface area contributed by atoms with Crippen LogP contribution in [0.3, 0.4) is 0 Å². The number of alkyl halides is 3. The van der Waals surface area contributed by atoms with Crippen LogP contribution in [0, 0.1) is 0 Å². The molecule has 0 saturated carbocycles. The zero-order chi connectivity index (χ0) is 15.5. The van der Waals surface area contributed by atoms with E-state index in [9.17, 15) is 18.0 Å². The van der Waals surface area contributed by atoms with Crippen molar-refractivity contribution in [2.24, 2.45) is 0 Å². The number of amides is 1. The normalized spacial score (nSPS) is 11.8. The number of likely N-dealkylation sites (N-methyl/N-ethyl adjacent to an activating group) is 1. The lowest BCUT2D eigenvalue weighted by Gasteiger charge is -2.19. The van der Waals surface area contributed by atoms with Crippen LogP contribution in [-0.2, 0) is 6.18 Å². The van der Waals surface area contributed by atoms with E-state index in [1.54, 1.807) is 13.8 Å². The van der Waals surface area contributed by atoms with E-state index in [2.05, 4.69) is 0 Å². The lowest BCUT2D eigenvalue weighted by molar-refractivity contribution is -0.138. The first-order chi connectivity index (χ1) is 9.18. The number of nitrogens with zero attached hydrogens (tertiary/aromatic N) is 1. The standard InChI is InChI=1S/C14H18F3NO2/c1-9(2)11-5-4-10(8-12(11)14(15,16)17)13(20)18(3)6-7-19/h4-5,8-9,19H,6-7H2,1-3H3. The Balaban J connectivity index is 3.23. The van der Waals surface area contributed by atoms with Crippen molar-refractivity contribution < 1.29 is 23.1 Å². The zero-order valence-electron chi connectivity index (χ0n) is 11.7. The fraction of sp³-hybridized carbons (Fsp3) is 0.500. The van der Waals surface area contributed by atoms with Crippen molar-refractivity contribution in [3.63, 3.8) is 0 Å². The minimum absolute atomic E-state index is 0.0299. The third kappa shape index (κ3) is 3.72. The van der Waals surface area contributed by atoms with E-state index >= 15 is 0 Å². The molecule has 3 nitrogen and oxygen atoms in total. The van der Waals surface area contributed by atoms with Gasteiger partial charge in [-0.15, -0.1) is 0 Å². The average molecular weight is 289 g/mol. The Bertz CT molecular complexity index is 484. The van der Waals surface area contributed by atoms with Crippen LogP contribution in [0.4, 0.5) is 13.2 Å². The first kappa shape index (κ1) is 16.5. The number of rotatable bonds is 4. The van der Waals surface area contributed by atoms with Crippen molar-refractivity contribution in [1.82, 2.24) is 4.90 Å². The molecule has 0 bridgehead atoms. The summed E-state index contributed by atoms with van der Waals surface area (Å²) in [5.41, 5.74) is -0.646. The lowest BCUT2D eigenvalue weighted by atomic mass is 9.94. The maximum absolute atomic E-state index is 13.0. The largest absolute Gasteiger partial charge is 0.416 e. The molecular formula is C14H18F3NO2. The van der Waals surface area contributed by atoms with Gasteiger partial charge >= 0.3 is 6.18 Å². The van der Waals surface area contributed by atoms with Gasteiger partial charge in [-0.05, 0) is 23.6 Å². The van der Waals surface area contributed by atoms with Crippen LogP contribution in [0.2, 0.25) is 0 Å². The fourth-order valence-electron chi connectivity index (χ4n) is 1.91. The van der Waals surface area contributed by atoms with Gasteiger partial charge in [0.05, 0.1) is 12.2 Å². The van der Waals surface area contributed by atoms with E-state index in [0.717, 1.165) is 6.07 Å². The van der Waals surface area contributed by atoms with Gasteiger partial charge in [-0.2, -0.15) is 13.2 Å². The number of benzene rings is 1. The Morgan fingerprint density at radius 2 is 1.95 bits per heavy atom. The number of hydrogen-bond donors (Lipinski definition) is 1. The van der Waals surface area contributed by atoms with E-state index in [1.807, 2.05) is 0 Å². The number of aliphatic hydroxyl groups is 1. The van der Waals surface area contributed by atoms with Crippen LogP contribution in [-0.4, -0.2) is 36.1 Å². The molecule has 0 radical (unpaired) electrons.